The van der Waals surface area contributed by atoms with Gasteiger partial charge in [0.05, 0.1) is 24.8 Å². The largest absolute Gasteiger partial charge is 0.373 e. The van der Waals surface area contributed by atoms with E-state index in [-0.39, 0.29) is 29.9 Å². The Hall–Kier alpha value is -1.35. The molecule has 2 fully saturated rings. The molecule has 2 heterocycles. The van der Waals surface area contributed by atoms with Crippen molar-refractivity contribution in [1.82, 2.24) is 16.0 Å². The van der Waals surface area contributed by atoms with Gasteiger partial charge in [0.15, 0.2) is 5.96 Å². The van der Waals surface area contributed by atoms with Crippen molar-refractivity contribution in [1.29, 1.82) is 0 Å². The third kappa shape index (κ3) is 5.07. The predicted octanol–water partition coefficient (Wildman–Crippen LogP) is 2.04. The first-order valence-corrected chi connectivity index (χ1v) is 8.71. The molecule has 6 nitrogen and oxygen atoms in total. The van der Waals surface area contributed by atoms with Crippen LogP contribution in [0.4, 0.5) is 0 Å². The maximum absolute atomic E-state index is 11.6. The molecule has 7 heteroatoms. The van der Waals surface area contributed by atoms with Gasteiger partial charge in [-0.15, -0.1) is 24.0 Å². The molecule has 2 aliphatic rings. The fraction of sp³-hybridized carbons (Fsp3) is 0.556. The molecule has 138 valence electrons. The third-order valence-electron chi connectivity index (χ3n) is 4.64. The van der Waals surface area contributed by atoms with E-state index in [4.69, 9.17) is 4.74 Å². The second kappa shape index (κ2) is 9.38. The number of carbonyl (C=O) groups excluding carboxylic acids is 1. The highest BCUT2D eigenvalue weighted by Crippen LogP contribution is 2.34. The summed E-state index contributed by atoms with van der Waals surface area (Å²) in [5, 5.41) is 9.43. The lowest BCUT2D eigenvalue weighted by molar-refractivity contribution is 0.0962. The maximum Gasteiger partial charge on any atom is 0.251 e. The van der Waals surface area contributed by atoms with Crippen molar-refractivity contribution in [3.8, 4) is 0 Å². The first-order chi connectivity index (χ1) is 11.7. The minimum absolute atomic E-state index is 0. The highest BCUT2D eigenvalue weighted by atomic mass is 127. The molecule has 3 unspecified atom stereocenters. The van der Waals surface area contributed by atoms with Crippen molar-refractivity contribution in [2.75, 3.05) is 13.6 Å². The molecule has 1 amide bonds. The van der Waals surface area contributed by atoms with Crippen LogP contribution in [0.2, 0.25) is 0 Å². The number of hydrogen-bond donors (Lipinski definition) is 3. The van der Waals surface area contributed by atoms with Crippen LogP contribution in [-0.4, -0.2) is 43.7 Å². The van der Waals surface area contributed by atoms with Gasteiger partial charge in [-0.2, -0.15) is 0 Å². The Morgan fingerprint density at radius 3 is 2.60 bits per heavy atom. The lowest BCUT2D eigenvalue weighted by atomic mass is 9.96. The summed E-state index contributed by atoms with van der Waals surface area (Å²) >= 11 is 0. The van der Waals surface area contributed by atoms with Crippen molar-refractivity contribution in [3.05, 3.63) is 35.4 Å². The Morgan fingerprint density at radius 2 is 2.04 bits per heavy atom. The van der Waals surface area contributed by atoms with Gasteiger partial charge in [0.1, 0.15) is 0 Å². The van der Waals surface area contributed by atoms with Gasteiger partial charge in [0, 0.05) is 19.2 Å². The fourth-order valence-electron chi connectivity index (χ4n) is 3.36. The molecule has 1 aromatic rings. The summed E-state index contributed by atoms with van der Waals surface area (Å²) in [5.74, 6) is 0.755. The van der Waals surface area contributed by atoms with Gasteiger partial charge in [0.2, 0.25) is 0 Å². The minimum atomic E-state index is -0.0728. The van der Waals surface area contributed by atoms with Gasteiger partial charge in [-0.25, -0.2) is 4.99 Å². The van der Waals surface area contributed by atoms with E-state index < -0.39 is 0 Å². The Kier molecular flexibility index (Phi) is 7.49. The number of carbonyl (C=O) groups is 1. The van der Waals surface area contributed by atoms with Crippen molar-refractivity contribution >= 4 is 35.8 Å². The summed E-state index contributed by atoms with van der Waals surface area (Å²) in [7, 11) is 1.63. The molecule has 2 bridgehead atoms. The lowest BCUT2D eigenvalue weighted by Gasteiger charge is -2.22. The van der Waals surface area contributed by atoms with Crippen molar-refractivity contribution in [2.24, 2.45) is 4.99 Å². The second-order valence-corrected chi connectivity index (χ2v) is 6.33. The fourth-order valence-corrected chi connectivity index (χ4v) is 3.36. The smallest absolute Gasteiger partial charge is 0.251 e. The van der Waals surface area contributed by atoms with E-state index in [1.165, 1.54) is 6.42 Å². The molecule has 0 aliphatic carbocycles. The van der Waals surface area contributed by atoms with Gasteiger partial charge in [-0.05, 0) is 43.9 Å². The van der Waals surface area contributed by atoms with Crippen LogP contribution in [0, 0.1) is 0 Å². The molecule has 0 radical (unpaired) electrons. The van der Waals surface area contributed by atoms with E-state index in [2.05, 4.69) is 27.9 Å². The number of rotatable bonds is 5. The van der Waals surface area contributed by atoms with Gasteiger partial charge in [0.25, 0.3) is 5.91 Å². The summed E-state index contributed by atoms with van der Waals surface area (Å²) in [5.41, 5.74) is 1.73. The number of benzene rings is 1. The topological polar surface area (TPSA) is 74.8 Å². The zero-order valence-corrected chi connectivity index (χ0v) is 17.1. The van der Waals surface area contributed by atoms with Gasteiger partial charge < -0.3 is 20.7 Å². The number of halogens is 1. The predicted molar refractivity (Wildman–Crippen MR) is 109 cm³/mol. The summed E-state index contributed by atoms with van der Waals surface area (Å²) < 4.78 is 5.89. The van der Waals surface area contributed by atoms with Crippen LogP contribution in [0.5, 0.6) is 0 Å². The summed E-state index contributed by atoms with van der Waals surface area (Å²) in [6, 6.07) is 7.90. The third-order valence-corrected chi connectivity index (χ3v) is 4.64. The van der Waals surface area contributed by atoms with Gasteiger partial charge in [-0.3, -0.25) is 4.79 Å². The standard InChI is InChI=1S/C18H26N4O2.HI/c1-3-20-18(22-15-10-14-8-9-16(15)24-14)21-11-12-4-6-13(7-5-12)17(23)19-2;/h4-7,14-16H,3,8-11H2,1-2H3,(H,19,23)(H2,20,21,22);1H. The Bertz CT molecular complexity index is 606. The van der Waals surface area contributed by atoms with Crippen LogP contribution >= 0.6 is 24.0 Å². The van der Waals surface area contributed by atoms with E-state index in [9.17, 15) is 4.79 Å². The summed E-state index contributed by atoms with van der Waals surface area (Å²) in [4.78, 5) is 16.2. The highest BCUT2D eigenvalue weighted by molar-refractivity contribution is 14.0. The molecule has 3 N–H and O–H groups in total. The number of nitrogens with one attached hydrogen (secondary N) is 3. The van der Waals surface area contributed by atoms with Crippen LogP contribution in [0.3, 0.4) is 0 Å². The normalized spacial score (nSPS) is 24.6. The molecule has 2 aliphatic heterocycles. The number of nitrogens with zero attached hydrogens (tertiary/aromatic N) is 1. The van der Waals surface area contributed by atoms with E-state index in [1.54, 1.807) is 7.05 Å². The van der Waals surface area contributed by atoms with Gasteiger partial charge >= 0.3 is 0 Å². The molecule has 1 aromatic carbocycles. The van der Waals surface area contributed by atoms with Crippen LogP contribution < -0.4 is 16.0 Å². The first-order valence-electron chi connectivity index (χ1n) is 8.71. The summed E-state index contributed by atoms with van der Waals surface area (Å²) in [6.07, 6.45) is 4.14. The van der Waals surface area contributed by atoms with Crippen LogP contribution in [-0.2, 0) is 11.3 Å². The average molecular weight is 458 g/mol. The lowest BCUT2D eigenvalue weighted by Crippen LogP contribution is -2.47. The second-order valence-electron chi connectivity index (χ2n) is 6.33. The molecule has 3 rings (SSSR count). The molecule has 25 heavy (non-hydrogen) atoms. The maximum atomic E-state index is 11.6. The van der Waals surface area contributed by atoms with Crippen LogP contribution in [0.1, 0.15) is 42.1 Å². The van der Waals surface area contributed by atoms with Crippen molar-refractivity contribution < 1.29 is 9.53 Å². The van der Waals surface area contributed by atoms with E-state index in [0.29, 0.717) is 30.4 Å². The summed E-state index contributed by atoms with van der Waals surface area (Å²) in [6.45, 7) is 3.46. The Labute approximate surface area is 166 Å². The molecule has 3 atom stereocenters. The van der Waals surface area contributed by atoms with E-state index in [1.807, 2.05) is 24.3 Å². The number of amides is 1. The Morgan fingerprint density at radius 1 is 1.28 bits per heavy atom. The number of fused-ring (bicyclic) bond motifs is 2. The zero-order chi connectivity index (χ0) is 16.9. The molecule has 2 saturated heterocycles. The van der Waals surface area contributed by atoms with Crippen molar-refractivity contribution in [3.63, 3.8) is 0 Å². The molecule has 0 saturated carbocycles. The number of guanidine groups is 1. The van der Waals surface area contributed by atoms with Crippen LogP contribution in [0.15, 0.2) is 29.3 Å². The molecule has 0 aromatic heterocycles. The van der Waals surface area contributed by atoms with Crippen LogP contribution in [0.25, 0.3) is 0 Å². The number of aliphatic imine (C=N–C) groups is 1. The zero-order valence-electron chi connectivity index (χ0n) is 14.7. The molecular formula is C18H27IN4O2. The minimum Gasteiger partial charge on any atom is -0.373 e. The number of ether oxygens (including phenoxy) is 1. The first kappa shape index (κ1) is 20.0. The highest BCUT2D eigenvalue weighted by Gasteiger charge is 2.41. The monoisotopic (exact) mass is 458 g/mol. The van der Waals surface area contributed by atoms with E-state index in [0.717, 1.165) is 30.9 Å². The SMILES string of the molecule is CCNC(=NCc1ccc(C(=O)NC)cc1)NC1CC2CCC1O2.I. The number of hydrogen-bond acceptors (Lipinski definition) is 3. The average Bonchev–Trinajstić information content (AvgIpc) is 3.22. The molecule has 0 spiro atoms. The van der Waals surface area contributed by atoms with E-state index >= 15 is 0 Å². The Balaban J connectivity index is 0.00000225. The quantitative estimate of drug-likeness (QED) is 0.359. The van der Waals surface area contributed by atoms with Gasteiger partial charge in [-0.1, -0.05) is 12.1 Å². The van der Waals surface area contributed by atoms with Crippen molar-refractivity contribution in [2.45, 2.75) is 51.0 Å². The molecular weight excluding hydrogens is 431 g/mol.